The maximum absolute atomic E-state index is 11.6. The van der Waals surface area contributed by atoms with E-state index in [-0.39, 0.29) is 0 Å². The second kappa shape index (κ2) is 5.09. The zero-order valence-corrected chi connectivity index (χ0v) is 9.99. The first-order chi connectivity index (χ1) is 7.47. The van der Waals surface area contributed by atoms with Gasteiger partial charge in [0.2, 0.25) is 0 Å². The molecule has 0 aromatic heterocycles. The molecule has 0 radical (unpaired) electrons. The summed E-state index contributed by atoms with van der Waals surface area (Å²) in [5.41, 5.74) is 0.315. The van der Waals surface area contributed by atoms with Gasteiger partial charge in [0.1, 0.15) is 0 Å². The van der Waals surface area contributed by atoms with E-state index in [0.717, 1.165) is 4.31 Å². The lowest BCUT2D eigenvalue weighted by molar-refractivity contribution is 0.0979. The molecule has 0 aliphatic heterocycles. The fourth-order valence-electron chi connectivity index (χ4n) is 1.01. The molecule has 1 aromatic carbocycles. The lowest BCUT2D eigenvalue weighted by atomic mass is 10.2. The van der Waals surface area contributed by atoms with Gasteiger partial charge in [0.15, 0.2) is 0 Å². The molecule has 1 amide bonds. The second-order valence-electron chi connectivity index (χ2n) is 3.22. The number of nitrogens with one attached hydrogen (secondary N) is 1. The predicted octanol–water partition coefficient (Wildman–Crippen LogP) is 0.613. The van der Waals surface area contributed by atoms with E-state index in [1.807, 2.05) is 4.72 Å². The molecule has 0 unspecified atom stereocenters. The number of hydrogen-bond donors (Lipinski definition) is 1. The van der Waals surface area contributed by atoms with Crippen molar-refractivity contribution in [3.8, 4) is 0 Å². The molecule has 1 aromatic rings. The summed E-state index contributed by atoms with van der Waals surface area (Å²) < 4.78 is 26.1. The van der Waals surface area contributed by atoms with E-state index < -0.39 is 16.1 Å². The first-order valence-electron chi connectivity index (χ1n) is 4.81. The maximum Gasteiger partial charge on any atom is 0.303 e. The van der Waals surface area contributed by atoms with Crippen LogP contribution < -0.4 is 4.72 Å². The minimum absolute atomic E-state index is 0.303. The predicted molar refractivity (Wildman–Crippen MR) is 61.1 cm³/mol. The fourth-order valence-corrected chi connectivity index (χ4v) is 1.86. The molecule has 0 aliphatic carbocycles. The SMILES string of the molecule is CCN(C)S(=O)(=O)NC(=O)c1ccccc1. The third-order valence-electron chi connectivity index (χ3n) is 2.11. The Kier molecular flexibility index (Phi) is 4.03. The van der Waals surface area contributed by atoms with Gasteiger partial charge in [-0.1, -0.05) is 25.1 Å². The van der Waals surface area contributed by atoms with Crippen LogP contribution >= 0.6 is 0 Å². The van der Waals surface area contributed by atoms with Crippen LogP contribution in [-0.2, 0) is 10.2 Å². The lowest BCUT2D eigenvalue weighted by Gasteiger charge is -2.15. The first-order valence-corrected chi connectivity index (χ1v) is 6.25. The van der Waals surface area contributed by atoms with Crippen molar-refractivity contribution in [1.29, 1.82) is 0 Å². The first kappa shape index (κ1) is 12.7. The van der Waals surface area contributed by atoms with Crippen LogP contribution in [0.25, 0.3) is 0 Å². The van der Waals surface area contributed by atoms with Crippen molar-refractivity contribution in [2.45, 2.75) is 6.92 Å². The lowest BCUT2D eigenvalue weighted by Crippen LogP contribution is -2.41. The fraction of sp³-hybridized carbons (Fsp3) is 0.300. The van der Waals surface area contributed by atoms with Gasteiger partial charge in [0.25, 0.3) is 5.91 Å². The third-order valence-corrected chi connectivity index (χ3v) is 3.64. The molecule has 0 heterocycles. The molecule has 0 saturated heterocycles. The Morgan fingerprint density at radius 1 is 1.31 bits per heavy atom. The van der Waals surface area contributed by atoms with Gasteiger partial charge in [-0.05, 0) is 12.1 Å². The van der Waals surface area contributed by atoms with Gasteiger partial charge >= 0.3 is 10.2 Å². The molecular weight excluding hydrogens is 228 g/mol. The van der Waals surface area contributed by atoms with Crippen molar-refractivity contribution in [3.63, 3.8) is 0 Å². The highest BCUT2D eigenvalue weighted by molar-refractivity contribution is 7.87. The van der Waals surface area contributed by atoms with Crippen LogP contribution in [0.1, 0.15) is 17.3 Å². The number of benzene rings is 1. The third kappa shape index (κ3) is 3.04. The number of hydrogen-bond acceptors (Lipinski definition) is 3. The van der Waals surface area contributed by atoms with Crippen molar-refractivity contribution in [2.24, 2.45) is 0 Å². The molecule has 6 heteroatoms. The van der Waals surface area contributed by atoms with E-state index in [9.17, 15) is 13.2 Å². The Bertz CT molecular complexity index is 456. The average Bonchev–Trinajstić information content (AvgIpc) is 2.28. The quantitative estimate of drug-likeness (QED) is 0.841. The summed E-state index contributed by atoms with van der Waals surface area (Å²) in [6, 6.07) is 8.20. The summed E-state index contributed by atoms with van der Waals surface area (Å²) >= 11 is 0. The highest BCUT2D eigenvalue weighted by Gasteiger charge is 2.19. The van der Waals surface area contributed by atoms with Crippen molar-refractivity contribution < 1.29 is 13.2 Å². The number of rotatable bonds is 4. The normalized spacial score (nSPS) is 11.4. The van der Waals surface area contributed by atoms with Gasteiger partial charge in [-0.25, -0.2) is 4.72 Å². The monoisotopic (exact) mass is 242 g/mol. The maximum atomic E-state index is 11.6. The van der Waals surface area contributed by atoms with E-state index in [2.05, 4.69) is 0 Å². The molecule has 1 rings (SSSR count). The molecule has 0 bridgehead atoms. The Labute approximate surface area is 95.3 Å². The Morgan fingerprint density at radius 3 is 2.38 bits per heavy atom. The number of carbonyl (C=O) groups is 1. The van der Waals surface area contributed by atoms with E-state index in [4.69, 9.17) is 0 Å². The molecular formula is C10H14N2O3S. The summed E-state index contributed by atoms with van der Waals surface area (Å²) in [5.74, 6) is -0.624. The van der Waals surface area contributed by atoms with Gasteiger partial charge in [-0.15, -0.1) is 0 Å². The van der Waals surface area contributed by atoms with Crippen LogP contribution in [0.3, 0.4) is 0 Å². The van der Waals surface area contributed by atoms with E-state index in [0.29, 0.717) is 12.1 Å². The molecule has 0 saturated carbocycles. The zero-order chi connectivity index (χ0) is 12.2. The Morgan fingerprint density at radius 2 is 1.88 bits per heavy atom. The van der Waals surface area contributed by atoms with Crippen LogP contribution in [0, 0.1) is 0 Å². The average molecular weight is 242 g/mol. The van der Waals surface area contributed by atoms with Gasteiger partial charge in [0.05, 0.1) is 0 Å². The van der Waals surface area contributed by atoms with E-state index >= 15 is 0 Å². The van der Waals surface area contributed by atoms with Crippen molar-refractivity contribution in [2.75, 3.05) is 13.6 Å². The molecule has 88 valence electrons. The van der Waals surface area contributed by atoms with E-state index in [1.54, 1.807) is 37.3 Å². The van der Waals surface area contributed by atoms with Gasteiger partial charge in [0, 0.05) is 19.2 Å². The molecule has 5 nitrogen and oxygen atoms in total. The Balaban J connectivity index is 2.80. The topological polar surface area (TPSA) is 66.5 Å². The van der Waals surface area contributed by atoms with Gasteiger partial charge in [-0.2, -0.15) is 12.7 Å². The van der Waals surface area contributed by atoms with Gasteiger partial charge in [-0.3, -0.25) is 4.79 Å². The Hall–Kier alpha value is -1.40. The molecule has 1 N–H and O–H groups in total. The molecule has 0 atom stereocenters. The summed E-state index contributed by atoms with van der Waals surface area (Å²) in [6.07, 6.45) is 0. The molecule has 0 spiro atoms. The van der Waals surface area contributed by atoms with Crippen LogP contribution in [-0.4, -0.2) is 32.2 Å². The van der Waals surface area contributed by atoms with E-state index in [1.165, 1.54) is 7.05 Å². The summed E-state index contributed by atoms with van der Waals surface area (Å²) in [7, 11) is -2.32. The smallest absolute Gasteiger partial charge is 0.268 e. The zero-order valence-electron chi connectivity index (χ0n) is 9.17. The number of nitrogens with zero attached hydrogens (tertiary/aromatic N) is 1. The van der Waals surface area contributed by atoms with Crippen molar-refractivity contribution >= 4 is 16.1 Å². The minimum atomic E-state index is -3.72. The highest BCUT2D eigenvalue weighted by atomic mass is 32.2. The van der Waals surface area contributed by atoms with Crippen LogP contribution in [0.5, 0.6) is 0 Å². The largest absolute Gasteiger partial charge is 0.303 e. The molecule has 16 heavy (non-hydrogen) atoms. The highest BCUT2D eigenvalue weighted by Crippen LogP contribution is 2.00. The van der Waals surface area contributed by atoms with Gasteiger partial charge < -0.3 is 0 Å². The van der Waals surface area contributed by atoms with Crippen LogP contribution in [0.15, 0.2) is 30.3 Å². The number of amides is 1. The summed E-state index contributed by atoms with van der Waals surface area (Å²) in [6.45, 7) is 1.99. The second-order valence-corrected chi connectivity index (χ2v) is 4.99. The summed E-state index contributed by atoms with van der Waals surface area (Å²) in [4.78, 5) is 11.6. The molecule has 0 aliphatic rings. The minimum Gasteiger partial charge on any atom is -0.268 e. The molecule has 0 fully saturated rings. The van der Waals surface area contributed by atoms with Crippen molar-refractivity contribution in [3.05, 3.63) is 35.9 Å². The number of carbonyl (C=O) groups excluding carboxylic acids is 1. The standard InChI is InChI=1S/C10H14N2O3S/c1-3-12(2)16(14,15)11-10(13)9-7-5-4-6-8-9/h4-8H,3H2,1-2H3,(H,11,13). The van der Waals surface area contributed by atoms with Crippen molar-refractivity contribution in [1.82, 2.24) is 9.03 Å². The van der Waals surface area contributed by atoms with Crippen LogP contribution in [0.4, 0.5) is 0 Å². The van der Waals surface area contributed by atoms with Crippen LogP contribution in [0.2, 0.25) is 0 Å². The summed E-state index contributed by atoms with van der Waals surface area (Å²) in [5, 5.41) is 0.